The van der Waals surface area contributed by atoms with Crippen LogP contribution in [0.2, 0.25) is 0 Å². The van der Waals surface area contributed by atoms with Gasteiger partial charge in [0.2, 0.25) is 12.6 Å². The molecule has 0 radical (unpaired) electrons. The van der Waals surface area contributed by atoms with Crippen LogP contribution >= 0.6 is 15.9 Å². The normalized spacial score (nSPS) is 10.5. The second-order valence-electron chi connectivity index (χ2n) is 11.2. The summed E-state index contributed by atoms with van der Waals surface area (Å²) < 4.78 is 33.4. The molecule has 0 spiro atoms. The minimum Gasteiger partial charge on any atom is -0.497 e. The monoisotopic (exact) mass is 770 g/mol. The minimum absolute atomic E-state index is 0.349. The number of pyridine rings is 2. The highest BCUT2D eigenvalue weighted by Crippen LogP contribution is 2.29. The zero-order valence-electron chi connectivity index (χ0n) is 31.6. The van der Waals surface area contributed by atoms with Gasteiger partial charge in [0.1, 0.15) is 11.5 Å². The molecule has 2 heterocycles. The van der Waals surface area contributed by atoms with Gasteiger partial charge < -0.3 is 49.3 Å². The number of ether oxygens (including phenoxy) is 6. The van der Waals surface area contributed by atoms with Gasteiger partial charge in [-0.3, -0.25) is 9.97 Å². The maximum atomic E-state index is 5.67. The third-order valence-corrected chi connectivity index (χ3v) is 7.36. The van der Waals surface area contributed by atoms with Crippen molar-refractivity contribution in [1.29, 1.82) is 0 Å². The first kappa shape index (κ1) is 43.0. The number of aromatic nitrogens is 2. The van der Waals surface area contributed by atoms with E-state index in [0.29, 0.717) is 26.4 Å². The Kier molecular flexibility index (Phi) is 19.7. The number of nitrogens with one attached hydrogen (secondary N) is 1. The number of rotatable bonds is 16. The highest BCUT2D eigenvalue weighted by atomic mass is 79.9. The van der Waals surface area contributed by atoms with Gasteiger partial charge in [-0.05, 0) is 80.0 Å². The van der Waals surface area contributed by atoms with Gasteiger partial charge in [-0.15, -0.1) is 0 Å². The number of methoxy groups -OCH3 is 2. The third-order valence-electron chi connectivity index (χ3n) is 6.89. The molecule has 0 fully saturated rings. The molecule has 0 atom stereocenters. The van der Waals surface area contributed by atoms with Crippen LogP contribution in [-0.4, -0.2) is 78.8 Å². The van der Waals surface area contributed by atoms with Crippen molar-refractivity contribution >= 4 is 44.4 Å². The maximum Gasteiger partial charge on any atom is 0.201 e. The molecule has 13 heteroatoms. The summed E-state index contributed by atoms with van der Waals surface area (Å²) in [4.78, 5) is 12.7. The molecule has 12 nitrogen and oxygen atoms in total. The van der Waals surface area contributed by atoms with E-state index in [0.717, 1.165) is 55.8 Å². The molecule has 2 aromatic heterocycles. The van der Waals surface area contributed by atoms with Crippen LogP contribution in [0.5, 0.6) is 11.5 Å². The van der Waals surface area contributed by atoms with Gasteiger partial charge in [-0.25, -0.2) is 0 Å². The van der Waals surface area contributed by atoms with E-state index in [1.165, 1.54) is 0 Å². The second-order valence-corrected chi connectivity index (χ2v) is 12.1. The SMILES string of the molecule is CCOC(OCC)c1ccc(Br)cn1.CCOC(OCC)c1ccc(Nc2cc(OC)cc(N(C)C)c2)cn1.COc1cc(N)cc(N(C)C)c1. The molecule has 0 unspecified atom stereocenters. The Balaban J connectivity index is 0.000000292. The molecule has 4 aromatic rings. The molecule has 0 saturated heterocycles. The zero-order chi connectivity index (χ0) is 37.8. The van der Waals surface area contributed by atoms with Gasteiger partial charge in [0.05, 0.1) is 37.5 Å². The first-order valence-electron chi connectivity index (χ1n) is 16.8. The van der Waals surface area contributed by atoms with E-state index in [-0.39, 0.29) is 6.29 Å². The van der Waals surface area contributed by atoms with Crippen LogP contribution in [0.3, 0.4) is 0 Å². The summed E-state index contributed by atoms with van der Waals surface area (Å²) in [5.74, 6) is 1.59. The molecule has 0 saturated carbocycles. The van der Waals surface area contributed by atoms with Crippen LogP contribution in [0.4, 0.5) is 28.4 Å². The lowest BCUT2D eigenvalue weighted by atomic mass is 10.2. The Bertz CT molecular complexity index is 1530. The Morgan fingerprint density at radius 2 is 1.10 bits per heavy atom. The lowest BCUT2D eigenvalue weighted by molar-refractivity contribution is -0.142. The van der Waals surface area contributed by atoms with Crippen molar-refractivity contribution in [3.8, 4) is 11.5 Å². The van der Waals surface area contributed by atoms with Crippen molar-refractivity contribution in [3.05, 3.63) is 88.9 Å². The fraction of sp³-hybridized carbons (Fsp3) is 0.421. The standard InChI is InChI=1S/C19H27N3O3.C10H14BrNO2.C9H14N2O/c1-6-24-19(25-7-2)18-9-8-14(13-20-18)21-15-10-16(22(3)4)12-17(11-15)23-5;1-3-13-10(14-4-2)9-6-5-8(11)7-12-9;1-11(2)8-4-7(10)5-9(6-8)12-3/h8-13,19,21H,6-7H2,1-5H3;5-7,10H,3-4H2,1-2H3;4-6H,10H2,1-3H3. The summed E-state index contributed by atoms with van der Waals surface area (Å²) in [5, 5.41) is 3.35. The molecular weight excluding hydrogens is 716 g/mol. The molecule has 0 bridgehead atoms. The largest absolute Gasteiger partial charge is 0.497 e. The van der Waals surface area contributed by atoms with Crippen molar-refractivity contribution in [2.45, 2.75) is 40.3 Å². The molecule has 0 aliphatic heterocycles. The molecule has 280 valence electrons. The van der Waals surface area contributed by atoms with Crippen LogP contribution in [0, 0.1) is 0 Å². The van der Waals surface area contributed by atoms with Crippen LogP contribution in [0.1, 0.15) is 51.7 Å². The summed E-state index contributed by atoms with van der Waals surface area (Å²) in [6.07, 6.45) is 2.73. The molecule has 4 rings (SSSR count). The van der Waals surface area contributed by atoms with E-state index >= 15 is 0 Å². The van der Waals surface area contributed by atoms with E-state index in [2.05, 4.69) is 37.3 Å². The van der Waals surface area contributed by atoms with Gasteiger partial charge in [-0.1, -0.05) is 0 Å². The second kappa shape index (κ2) is 23.4. The molecule has 3 N–H and O–H groups in total. The number of nitrogen functional groups attached to an aromatic ring is 1. The van der Waals surface area contributed by atoms with Crippen molar-refractivity contribution in [1.82, 2.24) is 9.97 Å². The molecule has 0 aliphatic rings. The number of nitrogens with two attached hydrogens (primary N) is 1. The van der Waals surface area contributed by atoms with E-state index in [1.807, 2.05) is 114 Å². The van der Waals surface area contributed by atoms with E-state index < -0.39 is 6.29 Å². The Hall–Kier alpha value is -4.14. The van der Waals surface area contributed by atoms with Crippen molar-refractivity contribution in [3.63, 3.8) is 0 Å². The molecular formula is C38H55BrN6O6. The molecule has 51 heavy (non-hydrogen) atoms. The summed E-state index contributed by atoms with van der Waals surface area (Å²) in [6, 6.07) is 19.3. The Morgan fingerprint density at radius 3 is 1.51 bits per heavy atom. The van der Waals surface area contributed by atoms with Crippen LogP contribution in [0.15, 0.2) is 77.5 Å². The van der Waals surface area contributed by atoms with Gasteiger partial charge in [0.15, 0.2) is 0 Å². The summed E-state index contributed by atoms with van der Waals surface area (Å²) >= 11 is 3.33. The highest BCUT2D eigenvalue weighted by molar-refractivity contribution is 9.10. The van der Waals surface area contributed by atoms with Crippen molar-refractivity contribution < 1.29 is 28.4 Å². The number of anilines is 5. The lowest BCUT2D eigenvalue weighted by Crippen LogP contribution is -2.10. The molecule has 2 aromatic carbocycles. The molecule has 0 amide bonds. The number of nitrogens with zero attached hydrogens (tertiary/aromatic N) is 4. The van der Waals surface area contributed by atoms with Crippen LogP contribution in [0.25, 0.3) is 0 Å². The zero-order valence-corrected chi connectivity index (χ0v) is 33.2. The Labute approximate surface area is 312 Å². The topological polar surface area (TPSA) is 126 Å². The summed E-state index contributed by atoms with van der Waals surface area (Å²) in [6.45, 7) is 10.1. The van der Waals surface area contributed by atoms with Gasteiger partial charge in [0, 0.05) is 112 Å². The lowest BCUT2D eigenvalue weighted by Gasteiger charge is -2.18. The van der Waals surface area contributed by atoms with Crippen LogP contribution < -0.4 is 30.3 Å². The quantitative estimate of drug-likeness (QED) is 0.0842. The number of hydrogen-bond acceptors (Lipinski definition) is 12. The van der Waals surface area contributed by atoms with Crippen molar-refractivity contribution in [2.24, 2.45) is 0 Å². The Morgan fingerprint density at radius 1 is 0.627 bits per heavy atom. The fourth-order valence-corrected chi connectivity index (χ4v) is 4.60. The van der Waals surface area contributed by atoms with Crippen LogP contribution in [-0.2, 0) is 18.9 Å². The van der Waals surface area contributed by atoms with E-state index in [1.54, 1.807) is 32.7 Å². The highest BCUT2D eigenvalue weighted by Gasteiger charge is 2.13. The van der Waals surface area contributed by atoms with E-state index in [9.17, 15) is 0 Å². The smallest absolute Gasteiger partial charge is 0.201 e. The molecule has 0 aliphatic carbocycles. The first-order valence-corrected chi connectivity index (χ1v) is 17.6. The third kappa shape index (κ3) is 15.3. The predicted molar refractivity (Wildman–Crippen MR) is 210 cm³/mol. The average Bonchev–Trinajstić information content (AvgIpc) is 3.12. The maximum absolute atomic E-state index is 5.67. The number of halogens is 1. The number of hydrogen-bond donors (Lipinski definition) is 2. The summed E-state index contributed by atoms with van der Waals surface area (Å²) in [5.41, 5.74) is 11.9. The van der Waals surface area contributed by atoms with E-state index in [4.69, 9.17) is 34.2 Å². The van der Waals surface area contributed by atoms with Crippen molar-refractivity contribution in [2.75, 3.05) is 89.7 Å². The minimum atomic E-state index is -0.429. The summed E-state index contributed by atoms with van der Waals surface area (Å²) in [7, 11) is 11.2. The predicted octanol–water partition coefficient (Wildman–Crippen LogP) is 8.23. The number of benzene rings is 2. The first-order chi connectivity index (χ1) is 24.5. The average molecular weight is 772 g/mol. The van der Waals surface area contributed by atoms with Gasteiger partial charge in [-0.2, -0.15) is 0 Å². The van der Waals surface area contributed by atoms with Gasteiger partial charge in [0.25, 0.3) is 0 Å². The fourth-order valence-electron chi connectivity index (χ4n) is 4.37. The van der Waals surface area contributed by atoms with Gasteiger partial charge >= 0.3 is 0 Å².